The number of anilines is 1. The molecule has 2 N–H and O–H groups in total. The second-order valence-electron chi connectivity index (χ2n) is 9.22. The molecule has 3 aromatic carbocycles. The molecule has 7 heteroatoms. The van der Waals surface area contributed by atoms with Crippen molar-refractivity contribution in [2.24, 2.45) is 0 Å². The Morgan fingerprint density at radius 2 is 1.69 bits per heavy atom. The highest BCUT2D eigenvalue weighted by Gasteiger charge is 2.34. The van der Waals surface area contributed by atoms with Crippen LogP contribution in [0.15, 0.2) is 79.0 Å². The third-order valence-corrected chi connectivity index (χ3v) is 6.77. The van der Waals surface area contributed by atoms with E-state index in [1.807, 2.05) is 24.3 Å². The summed E-state index contributed by atoms with van der Waals surface area (Å²) in [6.07, 6.45) is 5.56. The van der Waals surface area contributed by atoms with Gasteiger partial charge < -0.3 is 10.3 Å². The van der Waals surface area contributed by atoms with E-state index in [1.54, 1.807) is 12.3 Å². The predicted molar refractivity (Wildman–Crippen MR) is 135 cm³/mol. The molecule has 1 fully saturated rings. The topological polar surface area (TPSA) is 65.2 Å². The van der Waals surface area contributed by atoms with Gasteiger partial charge in [-0.15, -0.1) is 0 Å². The molecule has 0 saturated heterocycles. The summed E-state index contributed by atoms with van der Waals surface area (Å²) in [5, 5.41) is 3.98. The highest BCUT2D eigenvalue weighted by molar-refractivity contribution is 6.03. The van der Waals surface area contributed by atoms with Crippen molar-refractivity contribution in [3.05, 3.63) is 102 Å². The average Bonchev–Trinajstić information content (AvgIpc) is 3.53. The van der Waals surface area contributed by atoms with Gasteiger partial charge in [-0.2, -0.15) is 0 Å². The first-order valence-electron chi connectivity index (χ1n) is 12.2. The van der Waals surface area contributed by atoms with Crippen molar-refractivity contribution >= 4 is 28.4 Å². The van der Waals surface area contributed by atoms with Gasteiger partial charge in [0.15, 0.2) is 0 Å². The lowest BCUT2D eigenvalue weighted by Gasteiger charge is -2.32. The Labute approximate surface area is 208 Å². The van der Waals surface area contributed by atoms with Gasteiger partial charge in [0.25, 0.3) is 0 Å². The van der Waals surface area contributed by atoms with Crippen molar-refractivity contribution in [1.29, 1.82) is 0 Å². The Hall–Kier alpha value is -4.00. The Balaban J connectivity index is 1.57. The van der Waals surface area contributed by atoms with Gasteiger partial charge in [0, 0.05) is 28.8 Å². The maximum atomic E-state index is 14.3. The minimum Gasteiger partial charge on any atom is -0.361 e. The van der Waals surface area contributed by atoms with Crippen LogP contribution in [0.3, 0.4) is 0 Å². The maximum absolute atomic E-state index is 14.3. The zero-order chi connectivity index (χ0) is 25.1. The molecular formula is C29H27F2N3O2. The number of halogens is 2. The number of nitrogens with zero attached hydrogens (tertiary/aromatic N) is 1. The molecule has 4 aromatic rings. The summed E-state index contributed by atoms with van der Waals surface area (Å²) in [5.74, 6) is -1.71. The van der Waals surface area contributed by atoms with Crippen molar-refractivity contribution < 1.29 is 18.4 Å². The molecule has 1 atom stereocenters. The molecule has 1 aliphatic carbocycles. The third-order valence-electron chi connectivity index (χ3n) is 6.77. The number of carbonyl (C=O) groups excluding carboxylic acids is 2. The maximum Gasteiger partial charge on any atom is 0.248 e. The van der Waals surface area contributed by atoms with E-state index in [2.05, 4.69) is 10.3 Å². The number of benzene rings is 3. The Bertz CT molecular complexity index is 1380. The van der Waals surface area contributed by atoms with Gasteiger partial charge in [-0.25, -0.2) is 8.78 Å². The minimum absolute atomic E-state index is 0.00503. The second kappa shape index (κ2) is 10.3. The monoisotopic (exact) mass is 487 g/mol. The Morgan fingerprint density at radius 3 is 2.44 bits per heavy atom. The van der Waals surface area contributed by atoms with E-state index in [0.717, 1.165) is 42.1 Å². The van der Waals surface area contributed by atoms with Crippen molar-refractivity contribution in [3.8, 4) is 0 Å². The highest BCUT2D eigenvalue weighted by Crippen LogP contribution is 2.31. The number of aromatic nitrogens is 1. The van der Waals surface area contributed by atoms with Crippen LogP contribution in [0, 0.1) is 11.6 Å². The van der Waals surface area contributed by atoms with E-state index < -0.39 is 17.7 Å². The van der Waals surface area contributed by atoms with Crippen LogP contribution in [0.2, 0.25) is 0 Å². The molecule has 1 aliphatic rings. The van der Waals surface area contributed by atoms with Crippen LogP contribution < -0.4 is 10.2 Å². The summed E-state index contributed by atoms with van der Waals surface area (Å²) >= 11 is 0. The van der Waals surface area contributed by atoms with Gasteiger partial charge in [0.05, 0.1) is 6.42 Å². The van der Waals surface area contributed by atoms with E-state index in [0.29, 0.717) is 5.56 Å². The van der Waals surface area contributed by atoms with Crippen LogP contribution in [0.25, 0.3) is 10.9 Å². The molecule has 2 amide bonds. The van der Waals surface area contributed by atoms with E-state index in [4.69, 9.17) is 0 Å². The van der Waals surface area contributed by atoms with Crippen molar-refractivity contribution in [2.45, 2.75) is 44.2 Å². The number of hydrogen-bond donors (Lipinski definition) is 2. The van der Waals surface area contributed by atoms with Crippen LogP contribution in [-0.4, -0.2) is 22.8 Å². The first-order chi connectivity index (χ1) is 17.5. The standard InChI is InChI=1S/C29H27F2N3O2/c30-21-14-12-19(13-15-21)28(29(36)33-23-7-1-2-8-23)34(24-9-5-6-22(31)17-24)27(35)16-20-18-32-26-11-4-3-10-25(20)26/h3-6,9-15,17-18,23,28,32H,1-2,7-8,16H2,(H,33,36). The normalized spacial score (nSPS) is 14.6. The first-order valence-corrected chi connectivity index (χ1v) is 12.2. The van der Waals surface area contributed by atoms with Crippen molar-refractivity contribution in [1.82, 2.24) is 10.3 Å². The summed E-state index contributed by atoms with van der Waals surface area (Å²) in [7, 11) is 0. The van der Waals surface area contributed by atoms with Crippen molar-refractivity contribution in [3.63, 3.8) is 0 Å². The number of hydrogen-bond acceptors (Lipinski definition) is 2. The molecule has 5 nitrogen and oxygen atoms in total. The fourth-order valence-electron chi connectivity index (χ4n) is 5.00. The number of amides is 2. The molecule has 1 unspecified atom stereocenters. The molecule has 1 saturated carbocycles. The number of rotatable bonds is 7. The molecule has 0 aliphatic heterocycles. The lowest BCUT2D eigenvalue weighted by atomic mass is 10.0. The number of fused-ring (bicyclic) bond motifs is 1. The molecule has 184 valence electrons. The van der Waals surface area contributed by atoms with E-state index in [9.17, 15) is 18.4 Å². The summed E-state index contributed by atoms with van der Waals surface area (Å²) in [6, 6.07) is 17.7. The van der Waals surface area contributed by atoms with Crippen LogP contribution in [0.4, 0.5) is 14.5 Å². The first kappa shape index (κ1) is 23.7. The number of nitrogens with one attached hydrogen (secondary N) is 2. The van der Waals surface area contributed by atoms with Crippen LogP contribution >= 0.6 is 0 Å². The van der Waals surface area contributed by atoms with Crippen molar-refractivity contribution in [2.75, 3.05) is 4.90 Å². The number of H-pyrrole nitrogens is 1. The van der Waals surface area contributed by atoms with Gasteiger partial charge >= 0.3 is 0 Å². The van der Waals surface area contributed by atoms with Crippen LogP contribution in [0.1, 0.15) is 42.9 Å². The number of para-hydroxylation sites is 1. The molecule has 0 radical (unpaired) electrons. The zero-order valence-electron chi connectivity index (χ0n) is 19.7. The fraction of sp³-hybridized carbons (Fsp3) is 0.241. The largest absolute Gasteiger partial charge is 0.361 e. The van der Waals surface area contributed by atoms with E-state index >= 15 is 0 Å². The van der Waals surface area contributed by atoms with Gasteiger partial charge in [-0.3, -0.25) is 14.5 Å². The average molecular weight is 488 g/mol. The minimum atomic E-state index is -1.09. The molecule has 1 aromatic heterocycles. The Kier molecular flexibility index (Phi) is 6.80. The number of aromatic amines is 1. The van der Waals surface area contributed by atoms with Crippen LogP contribution in [-0.2, 0) is 16.0 Å². The molecule has 0 spiro atoms. The van der Waals surface area contributed by atoms with Gasteiger partial charge in [0.2, 0.25) is 11.8 Å². The van der Waals surface area contributed by atoms with Gasteiger partial charge in [-0.05, 0) is 60.4 Å². The Morgan fingerprint density at radius 1 is 0.944 bits per heavy atom. The highest BCUT2D eigenvalue weighted by atomic mass is 19.1. The molecule has 5 rings (SSSR count). The summed E-state index contributed by atoms with van der Waals surface area (Å²) in [4.78, 5) is 32.1. The SMILES string of the molecule is O=C(NC1CCCC1)C(c1ccc(F)cc1)N(C(=O)Cc1c[nH]c2ccccc12)c1cccc(F)c1. The summed E-state index contributed by atoms with van der Waals surface area (Å²) in [5.41, 5.74) is 2.37. The molecule has 1 heterocycles. The smallest absolute Gasteiger partial charge is 0.248 e. The van der Waals surface area contributed by atoms with E-state index in [-0.39, 0.29) is 30.0 Å². The third kappa shape index (κ3) is 5.00. The molecule has 0 bridgehead atoms. The second-order valence-corrected chi connectivity index (χ2v) is 9.22. The fourth-order valence-corrected chi connectivity index (χ4v) is 5.00. The van der Waals surface area contributed by atoms with Crippen LogP contribution in [0.5, 0.6) is 0 Å². The summed E-state index contributed by atoms with van der Waals surface area (Å²) in [6.45, 7) is 0. The van der Waals surface area contributed by atoms with Gasteiger partial charge in [0.1, 0.15) is 17.7 Å². The lowest BCUT2D eigenvalue weighted by molar-refractivity contribution is -0.127. The molecular weight excluding hydrogens is 460 g/mol. The molecule has 36 heavy (non-hydrogen) atoms. The van der Waals surface area contributed by atoms with E-state index in [1.165, 1.54) is 47.4 Å². The van der Waals surface area contributed by atoms with Gasteiger partial charge in [-0.1, -0.05) is 49.2 Å². The predicted octanol–water partition coefficient (Wildman–Crippen LogP) is 5.82. The quantitative estimate of drug-likeness (QED) is 0.345. The lowest BCUT2D eigenvalue weighted by Crippen LogP contribution is -2.47. The number of carbonyl (C=O) groups is 2. The summed E-state index contributed by atoms with van der Waals surface area (Å²) < 4.78 is 28.1. The zero-order valence-corrected chi connectivity index (χ0v) is 19.7.